The number of allylic oxidation sites excluding steroid dienone is 1. The molecule has 0 saturated carbocycles. The summed E-state index contributed by atoms with van der Waals surface area (Å²) in [6.07, 6.45) is 5.17. The van der Waals surface area contributed by atoms with Crippen LogP contribution in [0, 0.1) is 0 Å². The molecule has 2 heterocycles. The molecule has 0 spiro atoms. The van der Waals surface area contributed by atoms with Crippen LogP contribution in [0.25, 0.3) is 17.5 Å². The Balaban J connectivity index is 1.80. The van der Waals surface area contributed by atoms with Crippen molar-refractivity contribution in [3.63, 3.8) is 0 Å². The van der Waals surface area contributed by atoms with Crippen LogP contribution >= 0.6 is 11.3 Å². The molecule has 0 atom stereocenters. The lowest BCUT2D eigenvalue weighted by Gasteiger charge is -2.20. The third kappa shape index (κ3) is 4.95. The minimum atomic E-state index is -0.0352. The molecule has 0 aliphatic heterocycles. The van der Waals surface area contributed by atoms with Gasteiger partial charge in [-0.25, -0.2) is 4.98 Å². The molecule has 160 valence electrons. The standard InChI is InChI=1S/C23H31N5OS/c1-15(2)22-24-20(14-30-22)23(5,6)12-8-9-17-13-18(10-11-19(17)29-7)21-25-27-28(26-21)16(3)4/h8-11,13-16H,12H2,1-7H3/b9-8+. The van der Waals surface area contributed by atoms with Gasteiger partial charge in [-0.3, -0.25) is 0 Å². The van der Waals surface area contributed by atoms with Gasteiger partial charge in [-0.2, -0.15) is 4.80 Å². The Kier molecular flexibility index (Phi) is 6.71. The number of aromatic nitrogens is 5. The zero-order chi connectivity index (χ0) is 21.9. The van der Waals surface area contributed by atoms with Crippen molar-refractivity contribution in [1.82, 2.24) is 25.2 Å². The van der Waals surface area contributed by atoms with Crippen LogP contribution < -0.4 is 4.74 Å². The van der Waals surface area contributed by atoms with Gasteiger partial charge >= 0.3 is 0 Å². The van der Waals surface area contributed by atoms with Crippen LogP contribution in [0.2, 0.25) is 0 Å². The van der Waals surface area contributed by atoms with E-state index in [-0.39, 0.29) is 11.5 Å². The van der Waals surface area contributed by atoms with E-state index in [9.17, 15) is 0 Å². The monoisotopic (exact) mass is 425 g/mol. The zero-order valence-electron chi connectivity index (χ0n) is 18.9. The Morgan fingerprint density at radius 2 is 1.97 bits per heavy atom. The molecule has 0 N–H and O–H groups in total. The average molecular weight is 426 g/mol. The topological polar surface area (TPSA) is 65.7 Å². The Bertz CT molecular complexity index is 1020. The van der Waals surface area contributed by atoms with Gasteiger partial charge in [0, 0.05) is 27.8 Å². The summed E-state index contributed by atoms with van der Waals surface area (Å²) >= 11 is 1.75. The summed E-state index contributed by atoms with van der Waals surface area (Å²) in [5, 5.41) is 16.2. The van der Waals surface area contributed by atoms with E-state index in [4.69, 9.17) is 9.72 Å². The van der Waals surface area contributed by atoms with E-state index in [1.165, 1.54) is 5.01 Å². The number of tetrazole rings is 1. The molecule has 0 unspecified atom stereocenters. The second-order valence-corrected chi connectivity index (χ2v) is 9.59. The quantitative estimate of drug-likeness (QED) is 0.450. The first kappa shape index (κ1) is 22.2. The van der Waals surface area contributed by atoms with Crippen molar-refractivity contribution in [2.75, 3.05) is 7.11 Å². The van der Waals surface area contributed by atoms with Gasteiger partial charge in [-0.1, -0.05) is 39.8 Å². The van der Waals surface area contributed by atoms with Crippen molar-refractivity contribution in [3.05, 3.63) is 45.9 Å². The molecule has 0 amide bonds. The summed E-state index contributed by atoms with van der Waals surface area (Å²) in [7, 11) is 1.69. The summed E-state index contributed by atoms with van der Waals surface area (Å²) in [5.41, 5.74) is 3.03. The fourth-order valence-corrected chi connectivity index (χ4v) is 4.04. The number of methoxy groups -OCH3 is 1. The Hall–Kier alpha value is -2.54. The first-order valence-corrected chi connectivity index (χ1v) is 11.2. The van der Waals surface area contributed by atoms with Crippen molar-refractivity contribution < 1.29 is 4.74 Å². The van der Waals surface area contributed by atoms with E-state index >= 15 is 0 Å². The van der Waals surface area contributed by atoms with Gasteiger partial charge in [0.1, 0.15) is 5.75 Å². The molecule has 2 aromatic heterocycles. The van der Waals surface area contributed by atoms with Crippen molar-refractivity contribution >= 4 is 17.4 Å². The Labute approximate surface area is 183 Å². The number of thiazole rings is 1. The molecule has 30 heavy (non-hydrogen) atoms. The van der Waals surface area contributed by atoms with Crippen molar-refractivity contribution in [3.8, 4) is 17.1 Å². The summed E-state index contributed by atoms with van der Waals surface area (Å²) in [6, 6.07) is 6.13. The van der Waals surface area contributed by atoms with Gasteiger partial charge in [0.15, 0.2) is 0 Å². The van der Waals surface area contributed by atoms with E-state index in [1.54, 1.807) is 23.2 Å². The number of hydrogen-bond donors (Lipinski definition) is 0. The summed E-state index contributed by atoms with van der Waals surface area (Å²) < 4.78 is 5.55. The second-order valence-electron chi connectivity index (χ2n) is 8.70. The average Bonchev–Trinajstić information content (AvgIpc) is 3.38. The van der Waals surface area contributed by atoms with Crippen molar-refractivity contribution in [2.45, 2.75) is 65.3 Å². The zero-order valence-corrected chi connectivity index (χ0v) is 19.7. The molecule has 0 saturated heterocycles. The molecule has 0 aliphatic rings. The van der Waals surface area contributed by atoms with Crippen LogP contribution in [0.3, 0.4) is 0 Å². The third-order valence-corrected chi connectivity index (χ3v) is 6.16. The molecule has 0 fully saturated rings. The van der Waals surface area contributed by atoms with E-state index < -0.39 is 0 Å². The predicted octanol–water partition coefficient (Wildman–Crippen LogP) is 5.89. The fraction of sp³-hybridized carbons (Fsp3) is 0.478. The number of rotatable bonds is 8. The maximum absolute atomic E-state index is 5.55. The molecule has 3 aromatic rings. The number of hydrogen-bond acceptors (Lipinski definition) is 6. The predicted molar refractivity (Wildman–Crippen MR) is 123 cm³/mol. The molecular weight excluding hydrogens is 394 g/mol. The SMILES string of the molecule is COc1ccc(-c2nnn(C(C)C)n2)cc1/C=C/CC(C)(C)c1csc(C(C)C)n1. The van der Waals surface area contributed by atoms with Crippen molar-refractivity contribution in [2.24, 2.45) is 0 Å². The lowest BCUT2D eigenvalue weighted by molar-refractivity contribution is 0.414. The van der Waals surface area contributed by atoms with Gasteiger partial charge in [-0.15, -0.1) is 21.5 Å². The highest BCUT2D eigenvalue weighted by Gasteiger charge is 2.23. The van der Waals surface area contributed by atoms with Gasteiger partial charge in [-0.05, 0) is 43.7 Å². The highest BCUT2D eigenvalue weighted by atomic mass is 32.1. The molecule has 0 radical (unpaired) electrons. The number of benzene rings is 1. The Morgan fingerprint density at radius 1 is 1.20 bits per heavy atom. The lowest BCUT2D eigenvalue weighted by Crippen LogP contribution is -2.16. The molecule has 3 rings (SSSR count). The molecule has 7 heteroatoms. The third-order valence-electron chi connectivity index (χ3n) is 5.01. The normalized spacial score (nSPS) is 12.4. The van der Waals surface area contributed by atoms with Gasteiger partial charge in [0.25, 0.3) is 0 Å². The largest absolute Gasteiger partial charge is 0.496 e. The molecular formula is C23H31N5OS. The first-order chi connectivity index (χ1) is 14.2. The highest BCUT2D eigenvalue weighted by Crippen LogP contribution is 2.32. The Morgan fingerprint density at radius 3 is 2.57 bits per heavy atom. The summed E-state index contributed by atoms with van der Waals surface area (Å²) in [4.78, 5) is 6.47. The summed E-state index contributed by atoms with van der Waals surface area (Å²) in [6.45, 7) is 12.9. The van der Waals surface area contributed by atoms with E-state index in [0.717, 1.165) is 29.0 Å². The van der Waals surface area contributed by atoms with Crippen LogP contribution in [-0.2, 0) is 5.41 Å². The molecule has 6 nitrogen and oxygen atoms in total. The van der Waals surface area contributed by atoms with Crippen LogP contribution in [-0.4, -0.2) is 32.3 Å². The van der Waals surface area contributed by atoms with Gasteiger partial charge in [0.05, 0.1) is 23.9 Å². The highest BCUT2D eigenvalue weighted by molar-refractivity contribution is 7.09. The fourth-order valence-electron chi connectivity index (χ4n) is 3.01. The summed E-state index contributed by atoms with van der Waals surface area (Å²) in [5.74, 6) is 1.90. The van der Waals surface area contributed by atoms with Crippen LogP contribution in [0.4, 0.5) is 0 Å². The minimum absolute atomic E-state index is 0.0352. The lowest BCUT2D eigenvalue weighted by atomic mass is 9.86. The smallest absolute Gasteiger partial charge is 0.204 e. The maximum atomic E-state index is 5.55. The second kappa shape index (κ2) is 9.08. The first-order valence-electron chi connectivity index (χ1n) is 10.3. The van der Waals surface area contributed by atoms with Gasteiger partial charge < -0.3 is 4.74 Å². The number of ether oxygens (including phenoxy) is 1. The van der Waals surface area contributed by atoms with E-state index in [0.29, 0.717) is 11.7 Å². The van der Waals surface area contributed by atoms with E-state index in [1.807, 2.05) is 32.0 Å². The number of nitrogens with zero attached hydrogens (tertiary/aromatic N) is 5. The molecule has 0 bridgehead atoms. The molecule has 0 aliphatic carbocycles. The van der Waals surface area contributed by atoms with Crippen molar-refractivity contribution in [1.29, 1.82) is 0 Å². The minimum Gasteiger partial charge on any atom is -0.496 e. The van der Waals surface area contributed by atoms with Gasteiger partial charge in [0.2, 0.25) is 5.82 Å². The van der Waals surface area contributed by atoms with Crippen LogP contribution in [0.1, 0.15) is 76.2 Å². The van der Waals surface area contributed by atoms with Crippen LogP contribution in [0.15, 0.2) is 29.7 Å². The van der Waals surface area contributed by atoms with Crippen LogP contribution in [0.5, 0.6) is 5.75 Å². The van der Waals surface area contributed by atoms with E-state index in [2.05, 4.69) is 60.6 Å². The maximum Gasteiger partial charge on any atom is 0.204 e. The molecule has 1 aromatic carbocycles.